The molecule has 0 bridgehead atoms. The van der Waals surface area contributed by atoms with Gasteiger partial charge in [0, 0.05) is 10.6 Å². The first kappa shape index (κ1) is 17.8. The molecule has 1 saturated heterocycles. The third-order valence-electron chi connectivity index (χ3n) is 4.21. The van der Waals surface area contributed by atoms with Gasteiger partial charge in [0.2, 0.25) is 5.91 Å². The number of imide groups is 1. The molecule has 6 nitrogen and oxygen atoms in total. The lowest BCUT2D eigenvalue weighted by Gasteiger charge is -2.33. The number of carbonyl (C=O) groups excluding carboxylic acids is 3. The lowest BCUT2D eigenvalue weighted by atomic mass is 9.88. The van der Waals surface area contributed by atoms with Crippen LogP contribution in [0.5, 0.6) is 0 Å². The molecule has 1 aliphatic heterocycles. The highest BCUT2D eigenvalue weighted by molar-refractivity contribution is 6.49. The number of nitriles is 1. The van der Waals surface area contributed by atoms with Gasteiger partial charge >= 0.3 is 0 Å². The molecule has 0 spiro atoms. The monoisotopic (exact) mass is 345 g/mol. The van der Waals surface area contributed by atoms with Crippen molar-refractivity contribution in [2.75, 3.05) is 0 Å². The number of hydrogen-bond acceptors (Lipinski definition) is 5. The van der Waals surface area contributed by atoms with Crippen molar-refractivity contribution in [1.29, 1.82) is 5.26 Å². The van der Waals surface area contributed by atoms with E-state index >= 15 is 0 Å². The Morgan fingerprint density at radius 1 is 1.42 bits per heavy atom. The molecule has 0 aliphatic carbocycles. The standard InChI is InChI=1S/C17H16ClN3O3/c1-10(2)17(3,9-19)21-15(23)7-14(16(21)24)20-13-6-12(18)5-4-11(13)8-22/h4-6,8,10H,7H2,1-3H3. The third kappa shape index (κ3) is 2.95. The quantitative estimate of drug-likeness (QED) is 0.619. The second-order valence-electron chi connectivity index (χ2n) is 6.00. The number of carbonyl (C=O) groups is 3. The van der Waals surface area contributed by atoms with Crippen molar-refractivity contribution in [2.45, 2.75) is 32.7 Å². The summed E-state index contributed by atoms with van der Waals surface area (Å²) >= 11 is 5.90. The summed E-state index contributed by atoms with van der Waals surface area (Å²) in [5.41, 5.74) is -0.781. The largest absolute Gasteiger partial charge is 0.298 e. The van der Waals surface area contributed by atoms with Crippen LogP contribution in [0.2, 0.25) is 5.02 Å². The van der Waals surface area contributed by atoms with Crippen LogP contribution in [0.1, 0.15) is 37.6 Å². The van der Waals surface area contributed by atoms with E-state index in [-0.39, 0.29) is 29.3 Å². The van der Waals surface area contributed by atoms with Crippen molar-refractivity contribution in [3.63, 3.8) is 0 Å². The molecule has 1 aliphatic rings. The van der Waals surface area contributed by atoms with E-state index in [0.717, 1.165) is 4.90 Å². The summed E-state index contributed by atoms with van der Waals surface area (Å²) in [6.45, 7) is 5.08. The van der Waals surface area contributed by atoms with Crippen LogP contribution in [0.15, 0.2) is 23.2 Å². The van der Waals surface area contributed by atoms with E-state index in [1.807, 2.05) is 6.07 Å². The number of aldehydes is 1. The summed E-state index contributed by atoms with van der Waals surface area (Å²) in [5, 5.41) is 9.81. The first-order valence-corrected chi connectivity index (χ1v) is 7.73. The molecule has 0 aromatic heterocycles. The van der Waals surface area contributed by atoms with Gasteiger partial charge in [-0.3, -0.25) is 19.3 Å². The van der Waals surface area contributed by atoms with Crippen LogP contribution in [0.25, 0.3) is 0 Å². The van der Waals surface area contributed by atoms with E-state index < -0.39 is 17.4 Å². The normalized spacial score (nSPS) is 18.8. The van der Waals surface area contributed by atoms with Crippen LogP contribution in [0.3, 0.4) is 0 Å². The molecule has 0 saturated carbocycles. The van der Waals surface area contributed by atoms with Crippen LogP contribution < -0.4 is 0 Å². The fourth-order valence-corrected chi connectivity index (χ4v) is 2.56. The van der Waals surface area contributed by atoms with Gasteiger partial charge in [-0.25, -0.2) is 4.99 Å². The second kappa shape index (κ2) is 6.54. The van der Waals surface area contributed by atoms with Crippen LogP contribution in [-0.2, 0) is 9.59 Å². The average molecular weight is 346 g/mol. The van der Waals surface area contributed by atoms with Crippen molar-refractivity contribution < 1.29 is 14.4 Å². The first-order chi connectivity index (χ1) is 11.2. The van der Waals surface area contributed by atoms with Gasteiger partial charge in [-0.05, 0) is 31.0 Å². The fourth-order valence-electron chi connectivity index (χ4n) is 2.39. The molecule has 1 fully saturated rings. The van der Waals surface area contributed by atoms with Crippen molar-refractivity contribution in [1.82, 2.24) is 4.90 Å². The molecule has 2 amide bonds. The number of likely N-dealkylation sites (tertiary alicyclic amines) is 1. The van der Waals surface area contributed by atoms with E-state index in [1.165, 1.54) is 18.2 Å². The van der Waals surface area contributed by atoms with E-state index in [9.17, 15) is 19.6 Å². The third-order valence-corrected chi connectivity index (χ3v) is 4.44. The smallest absolute Gasteiger partial charge is 0.276 e. The minimum Gasteiger partial charge on any atom is -0.298 e. The first-order valence-electron chi connectivity index (χ1n) is 7.35. The maximum Gasteiger partial charge on any atom is 0.276 e. The number of benzene rings is 1. The summed E-state index contributed by atoms with van der Waals surface area (Å²) in [5.74, 6) is -1.34. The van der Waals surface area contributed by atoms with Gasteiger partial charge in [-0.2, -0.15) is 5.26 Å². The van der Waals surface area contributed by atoms with Gasteiger partial charge in [-0.1, -0.05) is 25.4 Å². The highest BCUT2D eigenvalue weighted by atomic mass is 35.5. The zero-order valence-corrected chi connectivity index (χ0v) is 14.3. The molecule has 2 rings (SSSR count). The number of halogens is 1. The highest BCUT2D eigenvalue weighted by Gasteiger charge is 2.48. The number of rotatable bonds is 4. The topological polar surface area (TPSA) is 90.6 Å². The maximum atomic E-state index is 12.6. The zero-order valence-electron chi connectivity index (χ0n) is 13.5. The Morgan fingerprint density at radius 2 is 2.08 bits per heavy atom. The van der Waals surface area contributed by atoms with E-state index in [2.05, 4.69) is 4.99 Å². The van der Waals surface area contributed by atoms with Crippen molar-refractivity contribution in [2.24, 2.45) is 10.9 Å². The second-order valence-corrected chi connectivity index (χ2v) is 6.44. The molecule has 1 unspecified atom stereocenters. The Balaban J connectivity index is 2.48. The van der Waals surface area contributed by atoms with Crippen LogP contribution in [-0.4, -0.2) is 34.3 Å². The molecule has 24 heavy (non-hydrogen) atoms. The van der Waals surface area contributed by atoms with Gasteiger partial charge in [0.15, 0.2) is 6.29 Å². The number of amides is 2. The van der Waals surface area contributed by atoms with Gasteiger partial charge < -0.3 is 0 Å². The van der Waals surface area contributed by atoms with E-state index in [1.54, 1.807) is 20.8 Å². The molecule has 124 valence electrons. The van der Waals surface area contributed by atoms with Gasteiger partial charge in [0.1, 0.15) is 11.3 Å². The average Bonchev–Trinajstić information content (AvgIpc) is 2.81. The summed E-state index contributed by atoms with van der Waals surface area (Å²) < 4.78 is 0. The lowest BCUT2D eigenvalue weighted by Crippen LogP contribution is -2.52. The molecule has 1 aromatic carbocycles. The van der Waals surface area contributed by atoms with Crippen LogP contribution in [0.4, 0.5) is 5.69 Å². The predicted molar refractivity (Wildman–Crippen MR) is 89.3 cm³/mol. The predicted octanol–water partition coefficient (Wildman–Crippen LogP) is 2.92. The molecule has 0 N–H and O–H groups in total. The lowest BCUT2D eigenvalue weighted by molar-refractivity contribution is -0.143. The van der Waals surface area contributed by atoms with Gasteiger partial charge in [0.25, 0.3) is 5.91 Å². The molecule has 1 atom stereocenters. The van der Waals surface area contributed by atoms with Crippen molar-refractivity contribution in [3.05, 3.63) is 28.8 Å². The fraction of sp³-hybridized carbons (Fsp3) is 0.353. The summed E-state index contributed by atoms with van der Waals surface area (Å²) in [6, 6.07) is 6.52. The van der Waals surface area contributed by atoms with E-state index in [0.29, 0.717) is 11.3 Å². The van der Waals surface area contributed by atoms with Crippen molar-refractivity contribution in [3.8, 4) is 6.07 Å². The summed E-state index contributed by atoms with van der Waals surface area (Å²) in [6.07, 6.45) is 0.385. The summed E-state index contributed by atoms with van der Waals surface area (Å²) in [4.78, 5) is 41.1. The Kier molecular flexibility index (Phi) is 4.86. The van der Waals surface area contributed by atoms with Crippen LogP contribution in [0, 0.1) is 17.2 Å². The van der Waals surface area contributed by atoms with Gasteiger partial charge in [-0.15, -0.1) is 0 Å². The van der Waals surface area contributed by atoms with Crippen molar-refractivity contribution >= 4 is 41.1 Å². The Morgan fingerprint density at radius 3 is 2.62 bits per heavy atom. The summed E-state index contributed by atoms with van der Waals surface area (Å²) in [7, 11) is 0. The molecule has 1 heterocycles. The molecular weight excluding hydrogens is 330 g/mol. The molecule has 0 radical (unpaired) electrons. The molecular formula is C17H16ClN3O3. The molecule has 1 aromatic rings. The molecule has 7 heteroatoms. The zero-order chi connectivity index (χ0) is 18.1. The number of hydrogen-bond donors (Lipinski definition) is 0. The van der Waals surface area contributed by atoms with Crippen LogP contribution >= 0.6 is 11.6 Å². The Labute approximate surface area is 144 Å². The minimum atomic E-state index is -1.26. The minimum absolute atomic E-state index is 0.00695. The number of nitrogens with zero attached hydrogens (tertiary/aromatic N) is 3. The highest BCUT2D eigenvalue weighted by Crippen LogP contribution is 2.31. The number of aliphatic imine (C=N–C) groups is 1. The maximum absolute atomic E-state index is 12.6. The van der Waals surface area contributed by atoms with E-state index in [4.69, 9.17) is 11.6 Å². The SMILES string of the molecule is CC(C)C(C)(C#N)N1C(=O)CC(=Nc2cc(Cl)ccc2C=O)C1=O. The van der Waals surface area contributed by atoms with Gasteiger partial charge in [0.05, 0.1) is 18.2 Å². The Hall–Kier alpha value is -2.52. The Bertz CT molecular complexity index is 795.